The van der Waals surface area contributed by atoms with E-state index < -0.39 is 5.41 Å². The van der Waals surface area contributed by atoms with Gasteiger partial charge in [-0.3, -0.25) is 8.32 Å². The van der Waals surface area contributed by atoms with Crippen molar-refractivity contribution in [2.45, 2.75) is 12.8 Å². The number of nitrogens with one attached hydrogen (secondary N) is 2. The zero-order valence-electron chi connectivity index (χ0n) is 6.77. The van der Waals surface area contributed by atoms with E-state index in [4.69, 9.17) is 5.11 Å². The first-order valence-electron chi connectivity index (χ1n) is 3.98. The Morgan fingerprint density at radius 2 is 2.17 bits per heavy atom. The molecule has 0 aromatic heterocycles. The molecule has 0 aromatic carbocycles. The lowest BCUT2D eigenvalue weighted by atomic mass is 9.79. The van der Waals surface area contributed by atoms with E-state index >= 15 is 0 Å². The highest BCUT2D eigenvalue weighted by Gasteiger charge is 2.38. The molecule has 4 nitrogen and oxygen atoms in total. The van der Waals surface area contributed by atoms with Gasteiger partial charge in [-0.1, -0.05) is 0 Å². The van der Waals surface area contributed by atoms with Crippen LogP contribution in [0.5, 0.6) is 0 Å². The van der Waals surface area contributed by atoms with Crippen molar-refractivity contribution >= 4 is 28.8 Å². The zero-order valence-corrected chi connectivity index (χ0v) is 8.93. The largest absolute Gasteiger partial charge is 0.395 e. The molecule has 1 heterocycles. The molecule has 1 amide bonds. The van der Waals surface area contributed by atoms with Crippen LogP contribution in [0.3, 0.4) is 0 Å². The summed E-state index contributed by atoms with van der Waals surface area (Å²) in [5.74, 6) is -0.0490. The number of rotatable bonds is 2. The van der Waals surface area contributed by atoms with Crippen molar-refractivity contribution in [2.75, 3.05) is 19.7 Å². The Hall–Kier alpha value is 0.120. The molecule has 12 heavy (non-hydrogen) atoms. The van der Waals surface area contributed by atoms with E-state index in [1.165, 1.54) is 0 Å². The molecule has 0 saturated carbocycles. The van der Waals surface area contributed by atoms with E-state index in [-0.39, 0.29) is 12.5 Å². The Balaban J connectivity index is 2.66. The molecule has 0 aromatic rings. The van der Waals surface area contributed by atoms with Crippen LogP contribution in [-0.2, 0) is 4.79 Å². The molecule has 1 aliphatic heterocycles. The number of hydrogen-bond acceptors (Lipinski definition) is 3. The summed E-state index contributed by atoms with van der Waals surface area (Å²) >= 11 is 1.82. The lowest BCUT2D eigenvalue weighted by molar-refractivity contribution is -0.132. The molecule has 5 heteroatoms. The van der Waals surface area contributed by atoms with Gasteiger partial charge in [0.1, 0.15) is 0 Å². The standard InChI is InChI=1S/C7H13IN2O2/c8-10-6(12)7(5-11)1-3-9-4-2-7/h9,11H,1-5H2,(H,10,12). The van der Waals surface area contributed by atoms with Crippen molar-refractivity contribution < 1.29 is 9.90 Å². The second-order valence-electron chi connectivity index (χ2n) is 3.11. The molecule has 1 fully saturated rings. The van der Waals surface area contributed by atoms with Crippen molar-refractivity contribution in [1.82, 2.24) is 8.85 Å². The Morgan fingerprint density at radius 3 is 2.58 bits per heavy atom. The quantitative estimate of drug-likeness (QED) is 0.487. The summed E-state index contributed by atoms with van der Waals surface area (Å²) < 4.78 is 2.57. The molecule has 1 saturated heterocycles. The number of hydrogen-bond donors (Lipinski definition) is 3. The smallest absolute Gasteiger partial charge is 0.237 e. The summed E-state index contributed by atoms with van der Waals surface area (Å²) in [6, 6.07) is 0. The highest BCUT2D eigenvalue weighted by Crippen LogP contribution is 2.28. The summed E-state index contributed by atoms with van der Waals surface area (Å²) in [6.07, 6.45) is 1.44. The maximum Gasteiger partial charge on any atom is 0.237 e. The van der Waals surface area contributed by atoms with Crippen LogP contribution in [0.15, 0.2) is 0 Å². The fraction of sp³-hybridized carbons (Fsp3) is 0.857. The SMILES string of the molecule is O=C(NI)C1(CO)CCNCC1. The van der Waals surface area contributed by atoms with Gasteiger partial charge in [0.05, 0.1) is 34.9 Å². The topological polar surface area (TPSA) is 61.4 Å². The van der Waals surface area contributed by atoms with Crippen LogP contribution in [0.4, 0.5) is 0 Å². The van der Waals surface area contributed by atoms with Crippen molar-refractivity contribution in [3.63, 3.8) is 0 Å². The van der Waals surface area contributed by atoms with Crippen molar-refractivity contribution in [3.8, 4) is 0 Å². The second kappa shape index (κ2) is 4.38. The maximum absolute atomic E-state index is 11.4. The van der Waals surface area contributed by atoms with E-state index in [0.717, 1.165) is 25.9 Å². The molecular weight excluding hydrogens is 271 g/mol. The van der Waals surface area contributed by atoms with Gasteiger partial charge in [-0.2, -0.15) is 0 Å². The molecule has 3 N–H and O–H groups in total. The fourth-order valence-electron chi connectivity index (χ4n) is 1.46. The summed E-state index contributed by atoms with van der Waals surface area (Å²) in [7, 11) is 0. The van der Waals surface area contributed by atoms with Crippen molar-refractivity contribution in [1.29, 1.82) is 0 Å². The van der Waals surface area contributed by atoms with E-state index in [1.807, 2.05) is 22.9 Å². The average Bonchev–Trinajstić information content (AvgIpc) is 2.17. The van der Waals surface area contributed by atoms with Crippen LogP contribution in [0.2, 0.25) is 0 Å². The first-order valence-corrected chi connectivity index (χ1v) is 5.06. The molecule has 0 aliphatic carbocycles. The maximum atomic E-state index is 11.4. The summed E-state index contributed by atoms with van der Waals surface area (Å²) in [5, 5.41) is 12.3. The number of aliphatic hydroxyl groups is 1. The second-order valence-corrected chi connectivity index (χ2v) is 3.65. The summed E-state index contributed by atoms with van der Waals surface area (Å²) in [5.41, 5.74) is -0.535. The molecule has 0 radical (unpaired) electrons. The van der Waals surface area contributed by atoms with Crippen molar-refractivity contribution in [3.05, 3.63) is 0 Å². The normalized spacial score (nSPS) is 21.8. The van der Waals surface area contributed by atoms with Gasteiger partial charge in [0, 0.05) is 0 Å². The molecular formula is C7H13IN2O2. The number of carbonyl (C=O) groups is 1. The van der Waals surface area contributed by atoms with E-state index in [0.29, 0.717) is 0 Å². The van der Waals surface area contributed by atoms with E-state index in [9.17, 15) is 4.79 Å². The van der Waals surface area contributed by atoms with Gasteiger partial charge >= 0.3 is 0 Å². The van der Waals surface area contributed by atoms with Gasteiger partial charge < -0.3 is 10.4 Å². The number of aliphatic hydroxyl groups excluding tert-OH is 1. The monoisotopic (exact) mass is 284 g/mol. The van der Waals surface area contributed by atoms with E-state index in [1.54, 1.807) is 0 Å². The van der Waals surface area contributed by atoms with Crippen LogP contribution >= 0.6 is 22.9 Å². The van der Waals surface area contributed by atoms with Crippen LogP contribution in [0.25, 0.3) is 0 Å². The first kappa shape index (κ1) is 10.2. The Labute approximate surface area is 85.6 Å². The van der Waals surface area contributed by atoms with Gasteiger partial charge in [0.2, 0.25) is 5.91 Å². The molecule has 70 valence electrons. The van der Waals surface area contributed by atoms with Gasteiger partial charge in [0.25, 0.3) is 0 Å². The highest BCUT2D eigenvalue weighted by molar-refractivity contribution is 14.1. The first-order chi connectivity index (χ1) is 5.75. The third-order valence-electron chi connectivity index (χ3n) is 2.43. The summed E-state index contributed by atoms with van der Waals surface area (Å²) in [4.78, 5) is 11.4. The zero-order chi connectivity index (χ0) is 9.03. The highest BCUT2D eigenvalue weighted by atomic mass is 127. The number of halogens is 1. The Bertz CT molecular complexity index is 169. The number of piperidine rings is 1. The van der Waals surface area contributed by atoms with Crippen LogP contribution < -0.4 is 8.85 Å². The Kier molecular flexibility index (Phi) is 3.73. The fourth-order valence-corrected chi connectivity index (χ4v) is 2.03. The predicted octanol–water partition coefficient (Wildman–Crippen LogP) is -0.185. The van der Waals surface area contributed by atoms with Gasteiger partial charge in [-0.25, -0.2) is 0 Å². The van der Waals surface area contributed by atoms with Crippen LogP contribution in [0.1, 0.15) is 12.8 Å². The average molecular weight is 284 g/mol. The van der Waals surface area contributed by atoms with Crippen LogP contribution in [0, 0.1) is 5.41 Å². The van der Waals surface area contributed by atoms with Crippen LogP contribution in [-0.4, -0.2) is 30.7 Å². The summed E-state index contributed by atoms with van der Waals surface area (Å²) in [6.45, 7) is 1.57. The number of amides is 1. The van der Waals surface area contributed by atoms with Gasteiger partial charge in [-0.05, 0) is 25.9 Å². The third kappa shape index (κ3) is 1.89. The lowest BCUT2D eigenvalue weighted by Gasteiger charge is -2.33. The van der Waals surface area contributed by atoms with Gasteiger partial charge in [-0.15, -0.1) is 0 Å². The molecule has 0 unspecified atom stereocenters. The minimum Gasteiger partial charge on any atom is -0.395 e. The molecule has 0 spiro atoms. The predicted molar refractivity (Wildman–Crippen MR) is 53.8 cm³/mol. The van der Waals surface area contributed by atoms with Crippen molar-refractivity contribution in [2.24, 2.45) is 5.41 Å². The van der Waals surface area contributed by atoms with Gasteiger partial charge in [0.15, 0.2) is 0 Å². The molecule has 0 bridgehead atoms. The minimum atomic E-state index is -0.535. The lowest BCUT2D eigenvalue weighted by Crippen LogP contribution is -2.47. The molecule has 0 atom stereocenters. The third-order valence-corrected chi connectivity index (χ3v) is 2.92. The number of carbonyl (C=O) groups excluding carboxylic acids is 1. The minimum absolute atomic E-state index is 0.0490. The Morgan fingerprint density at radius 1 is 1.58 bits per heavy atom. The van der Waals surface area contributed by atoms with E-state index in [2.05, 4.69) is 8.85 Å². The molecule has 1 aliphatic rings. The molecule has 1 rings (SSSR count).